The number of rotatable bonds is 7. The van der Waals surface area contributed by atoms with Crippen LogP contribution in [0.25, 0.3) is 11.4 Å². The number of methoxy groups -OCH3 is 1. The van der Waals surface area contributed by atoms with Crippen LogP contribution in [-0.4, -0.2) is 23.6 Å². The molecule has 0 aliphatic rings. The average Bonchev–Trinajstić information content (AvgIpc) is 2.67. The van der Waals surface area contributed by atoms with E-state index in [9.17, 15) is 0 Å². The molecule has 0 saturated heterocycles. The van der Waals surface area contributed by atoms with Gasteiger partial charge in [0.2, 0.25) is 0 Å². The Morgan fingerprint density at radius 2 is 1.72 bits per heavy atom. The van der Waals surface area contributed by atoms with Crippen LogP contribution >= 0.6 is 0 Å². The maximum absolute atomic E-state index is 5.39. The fourth-order valence-corrected chi connectivity index (χ4v) is 2.38. The number of para-hydroxylation sites is 2. The first-order chi connectivity index (χ1) is 12.3. The van der Waals surface area contributed by atoms with Crippen LogP contribution in [-0.2, 0) is 0 Å². The minimum Gasteiger partial charge on any atom is -0.495 e. The number of ether oxygens (including phenoxy) is 1. The average molecular weight is 332 g/mol. The normalized spacial score (nSPS) is 10.1. The molecule has 5 heteroatoms. The molecular weight excluding hydrogens is 312 g/mol. The molecule has 5 nitrogen and oxygen atoms in total. The van der Waals surface area contributed by atoms with Crippen LogP contribution in [0, 0.1) is 0 Å². The highest BCUT2D eigenvalue weighted by Crippen LogP contribution is 2.28. The van der Waals surface area contributed by atoms with Crippen molar-refractivity contribution >= 4 is 17.3 Å². The van der Waals surface area contributed by atoms with Gasteiger partial charge < -0.3 is 15.4 Å². The third kappa shape index (κ3) is 4.14. The third-order valence-electron chi connectivity index (χ3n) is 3.56. The number of nitrogens with one attached hydrogen (secondary N) is 2. The number of hydrogen-bond acceptors (Lipinski definition) is 5. The molecule has 126 valence electrons. The molecule has 0 aliphatic carbocycles. The van der Waals surface area contributed by atoms with Crippen molar-refractivity contribution in [2.24, 2.45) is 0 Å². The summed E-state index contributed by atoms with van der Waals surface area (Å²) in [5, 5.41) is 6.53. The van der Waals surface area contributed by atoms with E-state index < -0.39 is 0 Å². The number of aromatic nitrogens is 2. The minimum absolute atomic E-state index is 0.624. The Bertz CT molecular complexity index is 849. The zero-order chi connectivity index (χ0) is 17.5. The second-order valence-electron chi connectivity index (χ2n) is 5.32. The lowest BCUT2D eigenvalue weighted by Crippen LogP contribution is -2.05. The second kappa shape index (κ2) is 7.97. The van der Waals surface area contributed by atoms with Crippen LogP contribution in [0.5, 0.6) is 5.75 Å². The molecule has 0 unspecified atom stereocenters. The molecule has 0 aliphatic heterocycles. The van der Waals surface area contributed by atoms with Gasteiger partial charge in [-0.15, -0.1) is 6.58 Å². The van der Waals surface area contributed by atoms with Gasteiger partial charge in [-0.25, -0.2) is 9.97 Å². The summed E-state index contributed by atoms with van der Waals surface area (Å²) in [6.45, 7) is 4.36. The van der Waals surface area contributed by atoms with Crippen LogP contribution in [0.1, 0.15) is 0 Å². The maximum Gasteiger partial charge on any atom is 0.163 e. The zero-order valence-corrected chi connectivity index (χ0v) is 14.1. The van der Waals surface area contributed by atoms with E-state index in [0.717, 1.165) is 22.8 Å². The molecule has 0 spiro atoms. The lowest BCUT2D eigenvalue weighted by atomic mass is 10.2. The van der Waals surface area contributed by atoms with Crippen molar-refractivity contribution in [1.29, 1.82) is 0 Å². The third-order valence-corrected chi connectivity index (χ3v) is 3.56. The molecule has 0 amide bonds. The van der Waals surface area contributed by atoms with Crippen LogP contribution in [0.3, 0.4) is 0 Å². The molecular formula is C20H20N4O. The Hall–Kier alpha value is -3.34. The van der Waals surface area contributed by atoms with Crippen molar-refractivity contribution in [2.75, 3.05) is 24.3 Å². The van der Waals surface area contributed by atoms with Crippen molar-refractivity contribution in [3.05, 3.63) is 73.3 Å². The predicted octanol–water partition coefficient (Wildman–Crippen LogP) is 4.49. The Balaban J connectivity index is 1.98. The molecule has 0 atom stereocenters. The Morgan fingerprint density at radius 1 is 1.00 bits per heavy atom. The van der Waals surface area contributed by atoms with Crippen molar-refractivity contribution in [3.8, 4) is 17.1 Å². The first-order valence-electron chi connectivity index (χ1n) is 7.99. The van der Waals surface area contributed by atoms with Gasteiger partial charge in [0.05, 0.1) is 12.8 Å². The molecule has 3 rings (SSSR count). The highest BCUT2D eigenvalue weighted by molar-refractivity contribution is 5.68. The molecule has 0 radical (unpaired) electrons. The number of anilines is 3. The smallest absolute Gasteiger partial charge is 0.163 e. The molecule has 2 aromatic carbocycles. The summed E-state index contributed by atoms with van der Waals surface area (Å²) in [7, 11) is 1.65. The number of nitrogens with zero attached hydrogens (tertiary/aromatic N) is 2. The molecule has 1 aromatic heterocycles. The van der Waals surface area contributed by atoms with Gasteiger partial charge in [0, 0.05) is 18.2 Å². The highest BCUT2D eigenvalue weighted by atomic mass is 16.5. The second-order valence-corrected chi connectivity index (χ2v) is 5.32. The van der Waals surface area contributed by atoms with Crippen LogP contribution < -0.4 is 15.4 Å². The van der Waals surface area contributed by atoms with Crippen molar-refractivity contribution in [1.82, 2.24) is 9.97 Å². The first-order valence-corrected chi connectivity index (χ1v) is 7.99. The molecule has 0 fully saturated rings. The Morgan fingerprint density at radius 3 is 2.48 bits per heavy atom. The van der Waals surface area contributed by atoms with E-state index in [4.69, 9.17) is 4.74 Å². The zero-order valence-electron chi connectivity index (χ0n) is 14.1. The lowest BCUT2D eigenvalue weighted by Gasteiger charge is -2.13. The molecule has 2 N–H and O–H groups in total. The van der Waals surface area contributed by atoms with Crippen molar-refractivity contribution in [2.45, 2.75) is 0 Å². The predicted molar refractivity (Wildman–Crippen MR) is 102 cm³/mol. The van der Waals surface area contributed by atoms with Crippen molar-refractivity contribution in [3.63, 3.8) is 0 Å². The largest absolute Gasteiger partial charge is 0.495 e. The van der Waals surface area contributed by atoms with E-state index in [1.807, 2.05) is 60.7 Å². The van der Waals surface area contributed by atoms with E-state index in [-0.39, 0.29) is 0 Å². The summed E-state index contributed by atoms with van der Waals surface area (Å²) in [6.07, 6.45) is 1.79. The molecule has 0 saturated carbocycles. The Kier molecular flexibility index (Phi) is 5.26. The van der Waals surface area contributed by atoms with Gasteiger partial charge >= 0.3 is 0 Å². The molecule has 0 bridgehead atoms. The number of benzene rings is 2. The van der Waals surface area contributed by atoms with E-state index in [1.54, 1.807) is 13.2 Å². The Labute approximate surface area is 147 Å². The molecule has 25 heavy (non-hydrogen) atoms. The van der Waals surface area contributed by atoms with Gasteiger partial charge in [0.25, 0.3) is 0 Å². The lowest BCUT2D eigenvalue weighted by molar-refractivity contribution is 0.417. The topological polar surface area (TPSA) is 59.1 Å². The summed E-state index contributed by atoms with van der Waals surface area (Å²) >= 11 is 0. The summed E-state index contributed by atoms with van der Waals surface area (Å²) in [4.78, 5) is 9.22. The summed E-state index contributed by atoms with van der Waals surface area (Å²) < 4.78 is 5.39. The first kappa shape index (κ1) is 16.5. The van der Waals surface area contributed by atoms with E-state index >= 15 is 0 Å². The van der Waals surface area contributed by atoms with Gasteiger partial charge in [-0.2, -0.15) is 0 Å². The fraction of sp³-hybridized carbons (Fsp3) is 0.100. The van der Waals surface area contributed by atoms with Gasteiger partial charge in [0.15, 0.2) is 5.82 Å². The van der Waals surface area contributed by atoms with E-state index in [1.165, 1.54) is 0 Å². The molecule has 3 aromatic rings. The highest BCUT2D eigenvalue weighted by Gasteiger charge is 2.09. The van der Waals surface area contributed by atoms with E-state index in [0.29, 0.717) is 18.2 Å². The molecule has 1 heterocycles. The van der Waals surface area contributed by atoms with Crippen LogP contribution in [0.2, 0.25) is 0 Å². The van der Waals surface area contributed by atoms with Gasteiger partial charge in [-0.1, -0.05) is 48.5 Å². The van der Waals surface area contributed by atoms with E-state index in [2.05, 4.69) is 27.2 Å². The quantitative estimate of drug-likeness (QED) is 0.624. The van der Waals surface area contributed by atoms with Crippen LogP contribution in [0.4, 0.5) is 17.3 Å². The van der Waals surface area contributed by atoms with Gasteiger partial charge in [0.1, 0.15) is 17.4 Å². The fourth-order valence-electron chi connectivity index (χ4n) is 2.38. The maximum atomic E-state index is 5.39. The summed E-state index contributed by atoms with van der Waals surface area (Å²) in [5.74, 6) is 2.81. The number of hydrogen-bond donors (Lipinski definition) is 2. The van der Waals surface area contributed by atoms with Crippen LogP contribution in [0.15, 0.2) is 73.3 Å². The summed E-state index contributed by atoms with van der Waals surface area (Å²) in [6, 6.07) is 19.5. The monoisotopic (exact) mass is 332 g/mol. The van der Waals surface area contributed by atoms with Gasteiger partial charge in [-0.05, 0) is 12.1 Å². The standard InChI is InChI=1S/C20H20N4O/c1-3-13-21-18-14-19(22-16-11-7-8-12-17(16)25-2)24-20(23-18)15-9-5-4-6-10-15/h3-12,14H,1,13H2,2H3,(H2,21,22,23,24). The van der Waals surface area contributed by atoms with Crippen molar-refractivity contribution < 1.29 is 4.74 Å². The summed E-state index contributed by atoms with van der Waals surface area (Å²) in [5.41, 5.74) is 1.80. The SMILES string of the molecule is C=CCNc1cc(Nc2ccccc2OC)nc(-c2ccccc2)n1. The van der Waals surface area contributed by atoms with Gasteiger partial charge in [-0.3, -0.25) is 0 Å². The minimum atomic E-state index is 0.624.